The molecule has 4 N–H and O–H groups in total. The molecule has 65 heavy (non-hydrogen) atoms. The average molecular weight is 994 g/mol. The van der Waals surface area contributed by atoms with Gasteiger partial charge in [0.1, 0.15) is 22.9 Å². The molecule has 1 heterocycles. The number of carbonyl (C=O) groups excluding carboxylic acids is 3. The van der Waals surface area contributed by atoms with E-state index < -0.39 is 102 Å². The molecular weight excluding hydrogens is 958 g/mol. The highest BCUT2D eigenvalue weighted by atomic mass is 35.5. The lowest BCUT2D eigenvalue weighted by Crippen LogP contribution is -2.40. The number of aromatic nitrogens is 2. The lowest BCUT2D eigenvalue weighted by Gasteiger charge is -2.26. The van der Waals surface area contributed by atoms with Crippen LogP contribution in [0.25, 0.3) is 0 Å². The molecule has 356 valence electrons. The van der Waals surface area contributed by atoms with E-state index in [1.54, 1.807) is 20.8 Å². The maximum atomic E-state index is 13.0. The molecule has 29 heteroatoms. The van der Waals surface area contributed by atoms with Crippen LogP contribution in [0, 0.1) is 15.9 Å². The molecule has 1 unspecified atom stereocenters. The summed E-state index contributed by atoms with van der Waals surface area (Å²) in [6.45, 7) is 5.35. The fraction of sp³-hybridized carbons (Fsp3) is 0.333. The first-order valence-corrected chi connectivity index (χ1v) is 20.8. The van der Waals surface area contributed by atoms with Crippen LogP contribution in [-0.4, -0.2) is 92.0 Å². The second kappa shape index (κ2) is 24.3. The van der Waals surface area contributed by atoms with Crippen LogP contribution >= 0.6 is 30.5 Å². The highest BCUT2D eigenvalue weighted by molar-refractivity contribution is 7.51. The Bertz CT molecular complexity index is 2330. The van der Waals surface area contributed by atoms with Gasteiger partial charge in [0.05, 0.1) is 34.9 Å². The van der Waals surface area contributed by atoms with E-state index in [4.69, 9.17) is 45.4 Å². The van der Waals surface area contributed by atoms with Gasteiger partial charge in [-0.05, 0) is 76.2 Å². The number of hydrogen-bond acceptors (Lipinski definition) is 15. The van der Waals surface area contributed by atoms with Crippen molar-refractivity contribution in [1.29, 1.82) is 0 Å². The van der Waals surface area contributed by atoms with Gasteiger partial charge in [-0.1, -0.05) is 28.0 Å². The van der Waals surface area contributed by atoms with Crippen molar-refractivity contribution in [3.63, 3.8) is 0 Å². The van der Waals surface area contributed by atoms with Crippen molar-refractivity contribution in [3.8, 4) is 16.7 Å². The zero-order valence-corrected chi connectivity index (χ0v) is 36.2. The van der Waals surface area contributed by atoms with Gasteiger partial charge in [0.25, 0.3) is 16.8 Å². The summed E-state index contributed by atoms with van der Waals surface area (Å²) in [6.07, 6.45) is -11.1. The summed E-state index contributed by atoms with van der Waals surface area (Å²) in [5.74, 6) is -4.45. The Morgan fingerprint density at radius 2 is 1.60 bits per heavy atom. The first-order chi connectivity index (χ1) is 30.0. The number of carboxylic acids is 1. The summed E-state index contributed by atoms with van der Waals surface area (Å²) in [4.78, 5) is 74.2. The van der Waals surface area contributed by atoms with E-state index in [0.717, 1.165) is 30.3 Å². The Hall–Kier alpha value is -5.99. The van der Waals surface area contributed by atoms with Crippen LogP contribution in [-0.2, 0) is 40.8 Å². The smallest absolute Gasteiger partial charge is 0.445 e. The summed E-state index contributed by atoms with van der Waals surface area (Å²) >= 11 is 6.04. The van der Waals surface area contributed by atoms with Crippen molar-refractivity contribution >= 4 is 65.7 Å². The Kier molecular flexibility index (Phi) is 20.6. The number of aliphatic carboxylic acids is 1. The van der Waals surface area contributed by atoms with E-state index >= 15 is 0 Å². The summed E-state index contributed by atoms with van der Waals surface area (Å²) < 4.78 is 119. The summed E-state index contributed by atoms with van der Waals surface area (Å²) in [7, 11) is -4.10. The zero-order chi connectivity index (χ0) is 49.4. The molecule has 4 aromatic rings. The van der Waals surface area contributed by atoms with Gasteiger partial charge in [0, 0.05) is 23.9 Å². The third kappa shape index (κ3) is 18.9. The quantitative estimate of drug-likeness (QED) is 0.0278. The summed E-state index contributed by atoms with van der Waals surface area (Å²) in [5.41, 5.74) is -1.72. The standard InChI is InChI=1S/C19H15ClF3NO7.C14H13F4N3O2S.C3H8NO5P/c1-3-29-17(25)10(2)30-18(26)13-9-12(5-6-15(13)24(27)28)31-16-7-4-11(8-14(16)20)19(21,22)23;1-8(2)21(10-5-3-9(15)4-6-10)11(22)7-23-13-20-19-12(24-13)14(16,17)18;5-3(6)1-4-2-10(7,8)9/h4-10H,3H2,1-2H3;3-6,8H,7H2,1-2H3;4H,1-2H2,(H,5,6)(H2,7,8,9). The number of nitro groups is 1. The number of amides is 1. The average Bonchev–Trinajstić information content (AvgIpc) is 3.68. The number of ether oxygens (including phenoxy) is 4. The van der Waals surface area contributed by atoms with Gasteiger partial charge in [-0.3, -0.25) is 29.6 Å². The van der Waals surface area contributed by atoms with Crippen LogP contribution in [0.1, 0.15) is 48.6 Å². The molecule has 0 radical (unpaired) electrons. The van der Waals surface area contributed by atoms with Gasteiger partial charge in [-0.15, -0.1) is 5.10 Å². The molecule has 0 saturated heterocycles. The minimum absolute atomic E-state index is 0.0398. The first-order valence-electron chi connectivity index (χ1n) is 17.8. The summed E-state index contributed by atoms with van der Waals surface area (Å²) in [5, 5.41) is 25.6. The van der Waals surface area contributed by atoms with E-state index in [1.807, 2.05) is 0 Å². The third-order valence-corrected chi connectivity index (χ3v) is 9.04. The number of alkyl halides is 6. The molecule has 1 aromatic heterocycles. The number of anilines is 1. The van der Waals surface area contributed by atoms with Gasteiger partial charge >= 0.3 is 37.9 Å². The van der Waals surface area contributed by atoms with Crippen molar-refractivity contribution in [2.45, 2.75) is 52.2 Å². The van der Waals surface area contributed by atoms with Crippen molar-refractivity contribution in [2.75, 3.05) is 30.9 Å². The maximum absolute atomic E-state index is 13.0. The molecule has 0 saturated carbocycles. The largest absolute Gasteiger partial charge is 0.480 e. The molecule has 4 rings (SSSR count). The lowest BCUT2D eigenvalue weighted by molar-refractivity contribution is -0.385. The number of esters is 2. The number of nitrogens with zero attached hydrogens (tertiary/aromatic N) is 4. The van der Waals surface area contributed by atoms with E-state index in [2.05, 4.69) is 15.5 Å². The lowest BCUT2D eigenvalue weighted by atomic mass is 10.1. The zero-order valence-electron chi connectivity index (χ0n) is 33.8. The minimum atomic E-state index is -4.61. The van der Waals surface area contributed by atoms with Crippen LogP contribution in [0.4, 0.5) is 42.1 Å². The SMILES string of the molecule is CC(C)N(C(=O)COc1nnc(C(F)(F)F)s1)c1ccc(F)cc1.CCOC(=O)C(C)OC(=O)c1cc(Oc2ccc(C(F)(F)F)cc2Cl)ccc1[N+](=O)[O-].O=C(O)CNCP(=O)(O)O. The molecule has 0 aliphatic heterocycles. The minimum Gasteiger partial charge on any atom is -0.480 e. The Balaban J connectivity index is 0.000000377. The number of carboxylic acid groups (broad SMARTS) is 1. The Morgan fingerprint density at radius 1 is 0.969 bits per heavy atom. The van der Waals surface area contributed by atoms with Gasteiger partial charge < -0.3 is 38.7 Å². The monoisotopic (exact) mass is 993 g/mol. The van der Waals surface area contributed by atoms with Gasteiger partial charge in [0.15, 0.2) is 12.7 Å². The van der Waals surface area contributed by atoms with Crippen molar-refractivity contribution in [3.05, 3.63) is 97.8 Å². The van der Waals surface area contributed by atoms with E-state index in [9.17, 15) is 64.6 Å². The summed E-state index contributed by atoms with van der Waals surface area (Å²) in [6, 6.07) is 10.4. The highest BCUT2D eigenvalue weighted by Crippen LogP contribution is 2.38. The molecule has 0 spiro atoms. The third-order valence-electron chi connectivity index (χ3n) is 7.23. The topological polar surface area (TPSA) is 267 Å². The van der Waals surface area contributed by atoms with E-state index in [1.165, 1.54) is 36.1 Å². The van der Waals surface area contributed by atoms with Crippen LogP contribution in [0.2, 0.25) is 5.02 Å². The second-order valence-electron chi connectivity index (χ2n) is 12.6. The molecule has 0 fully saturated rings. The van der Waals surface area contributed by atoms with Gasteiger partial charge in [0.2, 0.25) is 5.01 Å². The van der Waals surface area contributed by atoms with E-state index in [0.29, 0.717) is 11.8 Å². The molecule has 1 amide bonds. The number of carbonyl (C=O) groups is 4. The number of benzene rings is 3. The van der Waals surface area contributed by atoms with Crippen molar-refractivity contribution < 1.29 is 93.2 Å². The number of nitrogens with one attached hydrogen (secondary N) is 1. The van der Waals surface area contributed by atoms with Gasteiger partial charge in [-0.2, -0.15) is 26.3 Å². The molecule has 19 nitrogen and oxygen atoms in total. The number of nitro benzene ring substituents is 1. The predicted octanol–water partition coefficient (Wildman–Crippen LogP) is 7.48. The van der Waals surface area contributed by atoms with Crippen molar-refractivity contribution in [2.24, 2.45) is 0 Å². The molecule has 0 aliphatic rings. The second-order valence-corrected chi connectivity index (χ2v) is 15.6. The number of hydrogen-bond donors (Lipinski definition) is 4. The normalized spacial score (nSPS) is 11.8. The number of rotatable bonds is 16. The van der Waals surface area contributed by atoms with Crippen LogP contribution in [0.5, 0.6) is 16.7 Å². The predicted molar refractivity (Wildman–Crippen MR) is 213 cm³/mol. The Morgan fingerprint density at radius 3 is 2.09 bits per heavy atom. The highest BCUT2D eigenvalue weighted by Gasteiger charge is 2.36. The number of halogens is 8. The fourth-order valence-electron chi connectivity index (χ4n) is 4.54. The molecule has 1 atom stereocenters. The molecule has 3 aromatic carbocycles. The van der Waals surface area contributed by atoms with Crippen LogP contribution in [0.15, 0.2) is 60.7 Å². The van der Waals surface area contributed by atoms with Crippen molar-refractivity contribution in [1.82, 2.24) is 15.5 Å². The Labute approximate surface area is 371 Å². The fourth-order valence-corrected chi connectivity index (χ4v) is 5.72. The molecule has 0 bridgehead atoms. The van der Waals surface area contributed by atoms with Crippen LogP contribution in [0.3, 0.4) is 0 Å². The maximum Gasteiger partial charge on any atom is 0.445 e. The van der Waals surface area contributed by atoms with E-state index in [-0.39, 0.29) is 45.7 Å². The first kappa shape index (κ1) is 55.1. The van der Waals surface area contributed by atoms with Gasteiger partial charge in [-0.25, -0.2) is 14.0 Å². The molecule has 0 aliphatic carbocycles. The van der Waals surface area contributed by atoms with Crippen LogP contribution < -0.4 is 19.7 Å². The molecular formula is C36H36ClF7N5O14PS.